The van der Waals surface area contributed by atoms with Gasteiger partial charge >= 0.3 is 5.97 Å². The van der Waals surface area contributed by atoms with Crippen molar-refractivity contribution in [1.82, 2.24) is 5.06 Å². The monoisotopic (exact) mass is 533 g/mol. The maximum absolute atomic E-state index is 12.6. The molecule has 2 aliphatic rings. The first-order valence-corrected chi connectivity index (χ1v) is 14.0. The van der Waals surface area contributed by atoms with E-state index in [0.29, 0.717) is 13.2 Å². The summed E-state index contributed by atoms with van der Waals surface area (Å²) in [4.78, 5) is 18.9. The lowest BCUT2D eigenvalue weighted by atomic mass is 9.93. The van der Waals surface area contributed by atoms with E-state index in [1.54, 1.807) is 12.2 Å². The Labute approximate surface area is 188 Å². The number of halogens is 1. The number of rotatable bonds is 6. The number of para-hydroxylation sites is 1. The van der Waals surface area contributed by atoms with Gasteiger partial charge in [-0.2, -0.15) is 5.06 Å². The van der Waals surface area contributed by atoms with Crippen molar-refractivity contribution in [3.63, 3.8) is 0 Å². The van der Waals surface area contributed by atoms with Crippen LogP contribution in [0.1, 0.15) is 33.3 Å². The molecule has 29 heavy (non-hydrogen) atoms. The number of carbonyl (C=O) groups excluding carboxylic acids is 1. The zero-order valence-corrected chi connectivity index (χ0v) is 21.5. The fourth-order valence-corrected chi connectivity index (χ4v) is 5.52. The van der Waals surface area contributed by atoms with E-state index in [1.165, 1.54) is 0 Å². The van der Waals surface area contributed by atoms with E-state index in [-0.39, 0.29) is 29.1 Å². The normalized spacial score (nSPS) is 27.8. The van der Waals surface area contributed by atoms with Gasteiger partial charge in [0.1, 0.15) is 24.0 Å². The number of nitrogens with zero attached hydrogens (tertiary/aromatic N) is 1. The molecule has 2 fully saturated rings. The van der Waals surface area contributed by atoms with Gasteiger partial charge < -0.3 is 13.9 Å². The molecule has 8 heteroatoms. The highest BCUT2D eigenvalue weighted by molar-refractivity contribution is 14.1. The Morgan fingerprint density at radius 3 is 2.59 bits per heavy atom. The lowest BCUT2D eigenvalue weighted by Gasteiger charge is -2.37. The summed E-state index contributed by atoms with van der Waals surface area (Å²) >= 11 is 2.25. The second-order valence-corrected chi connectivity index (χ2v) is 15.4. The van der Waals surface area contributed by atoms with Gasteiger partial charge in [0.2, 0.25) is 0 Å². The molecule has 2 saturated heterocycles. The molecule has 0 aromatic heterocycles. The van der Waals surface area contributed by atoms with Crippen molar-refractivity contribution in [3.05, 3.63) is 27.3 Å². The number of cyclic esters (lactones) is 1. The maximum atomic E-state index is 12.6. The van der Waals surface area contributed by atoms with Gasteiger partial charge in [-0.05, 0) is 53.7 Å². The van der Waals surface area contributed by atoms with Gasteiger partial charge in [0.15, 0.2) is 8.32 Å². The number of hydroxylamine groups is 2. The molecule has 1 aromatic rings. The summed E-state index contributed by atoms with van der Waals surface area (Å²) in [6.07, 6.45) is -0.396. The predicted molar refractivity (Wildman–Crippen MR) is 122 cm³/mol. The van der Waals surface area contributed by atoms with E-state index in [4.69, 9.17) is 18.7 Å². The van der Waals surface area contributed by atoms with Crippen LogP contribution >= 0.6 is 22.6 Å². The van der Waals surface area contributed by atoms with Crippen molar-refractivity contribution in [2.45, 2.75) is 70.6 Å². The number of carbonyl (C=O) groups is 1. The number of esters is 1. The number of fused-ring (bicyclic) bond motifs is 1. The van der Waals surface area contributed by atoms with Crippen molar-refractivity contribution in [3.8, 4) is 5.75 Å². The van der Waals surface area contributed by atoms with Crippen LogP contribution in [0.3, 0.4) is 0 Å². The minimum absolute atomic E-state index is 0.0407. The molecule has 0 saturated carbocycles. The minimum atomic E-state index is -1.92. The highest BCUT2D eigenvalue weighted by Crippen LogP contribution is 2.42. The van der Waals surface area contributed by atoms with Crippen molar-refractivity contribution >= 4 is 36.9 Å². The van der Waals surface area contributed by atoms with E-state index >= 15 is 0 Å². The van der Waals surface area contributed by atoms with Crippen LogP contribution in [-0.4, -0.2) is 51.3 Å². The van der Waals surface area contributed by atoms with Gasteiger partial charge in [0.25, 0.3) is 0 Å². The average molecular weight is 533 g/mol. The first-order chi connectivity index (χ1) is 13.5. The molecule has 3 rings (SSSR count). The van der Waals surface area contributed by atoms with E-state index in [0.717, 1.165) is 14.9 Å². The van der Waals surface area contributed by atoms with Gasteiger partial charge in [-0.25, -0.2) is 0 Å². The molecule has 6 nitrogen and oxygen atoms in total. The van der Waals surface area contributed by atoms with Crippen molar-refractivity contribution < 1.29 is 23.5 Å². The van der Waals surface area contributed by atoms with Crippen LogP contribution in [0.5, 0.6) is 5.75 Å². The Balaban J connectivity index is 1.80. The molecule has 1 aromatic carbocycles. The molecular weight excluding hydrogens is 501 g/mol. The summed E-state index contributed by atoms with van der Waals surface area (Å²) in [5, 5.41) is 1.89. The van der Waals surface area contributed by atoms with Crippen LogP contribution in [-0.2, 0) is 25.3 Å². The fraction of sp³-hybridized carbons (Fsp3) is 0.667. The molecule has 0 bridgehead atoms. The molecule has 2 aliphatic heterocycles. The maximum Gasteiger partial charge on any atom is 0.326 e. The summed E-state index contributed by atoms with van der Waals surface area (Å²) in [5.41, 5.74) is 0.983. The Morgan fingerprint density at radius 1 is 1.28 bits per heavy atom. The molecule has 0 aliphatic carbocycles. The van der Waals surface area contributed by atoms with Crippen LogP contribution in [0, 0.1) is 9.49 Å². The first-order valence-electron chi connectivity index (χ1n) is 10.1. The van der Waals surface area contributed by atoms with Gasteiger partial charge in [-0.3, -0.25) is 9.63 Å². The lowest BCUT2D eigenvalue weighted by Crippen LogP contribution is -2.44. The Bertz CT molecular complexity index is 766. The quantitative estimate of drug-likeness (QED) is 0.308. The SMILES string of the molecule is COc1c(I)cccc1CN1O[C@@H](CO[Si](C)(C)C(C)(C)C)[C@H]2[C@H](C)OC(=O)[C@H]21. The smallest absolute Gasteiger partial charge is 0.326 e. The van der Waals surface area contributed by atoms with Crippen LogP contribution in [0.4, 0.5) is 0 Å². The largest absolute Gasteiger partial charge is 0.495 e. The molecule has 162 valence electrons. The summed E-state index contributed by atoms with van der Waals surface area (Å²) in [5.74, 6) is 0.552. The molecule has 0 amide bonds. The minimum Gasteiger partial charge on any atom is -0.495 e. The van der Waals surface area contributed by atoms with E-state index in [1.807, 2.05) is 25.1 Å². The summed E-state index contributed by atoms with van der Waals surface area (Å²) < 4.78 is 18.6. The molecule has 0 spiro atoms. The summed E-state index contributed by atoms with van der Waals surface area (Å²) in [7, 11) is -0.256. The van der Waals surface area contributed by atoms with Crippen molar-refractivity contribution in [2.24, 2.45) is 5.92 Å². The second kappa shape index (κ2) is 8.45. The molecule has 0 unspecified atom stereocenters. The van der Waals surface area contributed by atoms with Crippen molar-refractivity contribution in [1.29, 1.82) is 0 Å². The lowest BCUT2D eigenvalue weighted by molar-refractivity contribution is -0.195. The summed E-state index contributed by atoms with van der Waals surface area (Å²) in [6, 6.07) is 5.57. The number of benzene rings is 1. The average Bonchev–Trinajstić information content (AvgIpc) is 3.11. The number of hydrogen-bond donors (Lipinski definition) is 0. The highest BCUT2D eigenvalue weighted by Gasteiger charge is 2.56. The third-order valence-corrected chi connectivity index (χ3v) is 11.8. The van der Waals surface area contributed by atoms with Gasteiger partial charge in [0.05, 0.1) is 29.7 Å². The fourth-order valence-electron chi connectivity index (χ4n) is 3.73. The summed E-state index contributed by atoms with van der Waals surface area (Å²) in [6.45, 7) is 14.0. The van der Waals surface area contributed by atoms with Gasteiger partial charge in [0, 0.05) is 5.56 Å². The predicted octanol–water partition coefficient (Wildman–Crippen LogP) is 4.37. The zero-order valence-electron chi connectivity index (χ0n) is 18.3. The molecule has 0 radical (unpaired) electrons. The van der Waals surface area contributed by atoms with E-state index in [9.17, 15) is 4.79 Å². The van der Waals surface area contributed by atoms with Crippen molar-refractivity contribution in [2.75, 3.05) is 13.7 Å². The first kappa shape index (κ1) is 23.0. The number of hydrogen-bond acceptors (Lipinski definition) is 6. The van der Waals surface area contributed by atoms with E-state index in [2.05, 4.69) is 56.5 Å². The topological polar surface area (TPSA) is 57.2 Å². The van der Waals surface area contributed by atoms with Crippen LogP contribution < -0.4 is 4.74 Å². The Kier molecular flexibility index (Phi) is 6.70. The molecule has 4 atom stereocenters. The Hall–Kier alpha value is -0.683. The van der Waals surface area contributed by atoms with Gasteiger partial charge in [-0.15, -0.1) is 0 Å². The zero-order chi connectivity index (χ0) is 21.6. The third-order valence-electron chi connectivity index (χ3n) is 6.45. The van der Waals surface area contributed by atoms with Crippen LogP contribution in [0.15, 0.2) is 18.2 Å². The van der Waals surface area contributed by atoms with Crippen LogP contribution in [0.25, 0.3) is 0 Å². The second-order valence-electron chi connectivity index (χ2n) is 9.39. The third kappa shape index (κ3) is 4.51. The number of ether oxygens (including phenoxy) is 2. The standard InChI is InChI=1S/C21H32INO5Si/c1-13-17-16(12-26-29(6,7)21(2,3)4)28-23(18(17)20(24)27-13)11-14-9-8-10-15(22)19(14)25-5/h8-10,13,16-18H,11-12H2,1-7H3/t13-,16-,17+,18-/m0/s1. The Morgan fingerprint density at radius 2 is 1.97 bits per heavy atom. The van der Waals surface area contributed by atoms with Gasteiger partial charge in [-0.1, -0.05) is 32.9 Å². The highest BCUT2D eigenvalue weighted by atomic mass is 127. The molecule has 2 heterocycles. The number of methoxy groups -OCH3 is 1. The molecule has 0 N–H and O–H groups in total. The van der Waals surface area contributed by atoms with Crippen LogP contribution in [0.2, 0.25) is 18.1 Å². The van der Waals surface area contributed by atoms with E-state index < -0.39 is 14.4 Å². The molecular formula is C21H32INO5Si.